The minimum Gasteiger partial charge on any atom is -0.356 e. The Morgan fingerprint density at radius 2 is 2.00 bits per heavy atom. The van der Waals surface area contributed by atoms with E-state index in [2.05, 4.69) is 14.9 Å². The van der Waals surface area contributed by atoms with Gasteiger partial charge < -0.3 is 4.90 Å². The lowest BCUT2D eigenvalue weighted by molar-refractivity contribution is 0.573. The molecule has 15 heavy (non-hydrogen) atoms. The highest BCUT2D eigenvalue weighted by Crippen LogP contribution is 2.19. The fourth-order valence-electron chi connectivity index (χ4n) is 1.74. The first-order chi connectivity index (χ1) is 7.29. The van der Waals surface area contributed by atoms with Crippen molar-refractivity contribution in [3.05, 3.63) is 17.0 Å². The largest absolute Gasteiger partial charge is 0.356 e. The number of halogens is 1. The van der Waals surface area contributed by atoms with Gasteiger partial charge in [-0.15, -0.1) is 0 Å². The summed E-state index contributed by atoms with van der Waals surface area (Å²) in [6.45, 7) is 1.97. The molecule has 0 atom stereocenters. The van der Waals surface area contributed by atoms with Crippen molar-refractivity contribution in [2.24, 2.45) is 0 Å². The Morgan fingerprint density at radius 3 is 2.67 bits per heavy atom. The van der Waals surface area contributed by atoms with Gasteiger partial charge in [-0.3, -0.25) is 0 Å². The van der Waals surface area contributed by atoms with E-state index < -0.39 is 0 Å². The van der Waals surface area contributed by atoms with Crippen molar-refractivity contribution in [3.63, 3.8) is 0 Å². The first-order valence-electron chi connectivity index (χ1n) is 4.99. The summed E-state index contributed by atoms with van der Waals surface area (Å²) in [5, 5.41) is 9.07. The second-order valence-corrected chi connectivity index (χ2v) is 3.92. The van der Waals surface area contributed by atoms with E-state index in [0.717, 1.165) is 18.9 Å². The highest BCUT2D eigenvalue weighted by Gasteiger charge is 2.13. The van der Waals surface area contributed by atoms with Gasteiger partial charge in [0.25, 0.3) is 0 Å². The van der Waals surface area contributed by atoms with Gasteiger partial charge in [0.15, 0.2) is 0 Å². The molecule has 0 unspecified atom stereocenters. The molecule has 0 amide bonds. The van der Waals surface area contributed by atoms with Crippen LogP contribution < -0.4 is 4.90 Å². The molecule has 0 saturated carbocycles. The van der Waals surface area contributed by atoms with Gasteiger partial charge in [-0.2, -0.15) is 5.26 Å². The van der Waals surface area contributed by atoms with E-state index in [1.807, 2.05) is 6.07 Å². The first-order valence-corrected chi connectivity index (χ1v) is 5.37. The van der Waals surface area contributed by atoms with Gasteiger partial charge in [0.05, 0.1) is 0 Å². The monoisotopic (exact) mass is 222 g/mol. The van der Waals surface area contributed by atoms with Crippen LogP contribution in [0.25, 0.3) is 0 Å². The lowest BCUT2D eigenvalue weighted by Gasteiger charge is -2.27. The third-order valence-electron chi connectivity index (χ3n) is 2.46. The van der Waals surface area contributed by atoms with Crippen LogP contribution in [-0.4, -0.2) is 23.1 Å². The zero-order valence-corrected chi connectivity index (χ0v) is 9.04. The summed E-state index contributed by atoms with van der Waals surface area (Å²) in [6, 6.07) is 3.63. The number of hydrogen-bond acceptors (Lipinski definition) is 4. The Labute approximate surface area is 93.5 Å². The van der Waals surface area contributed by atoms with Crippen molar-refractivity contribution >= 4 is 17.4 Å². The zero-order chi connectivity index (χ0) is 10.7. The molecular formula is C10H11ClN4. The molecule has 1 aliphatic rings. The summed E-state index contributed by atoms with van der Waals surface area (Å²) >= 11 is 5.82. The third kappa shape index (κ3) is 2.37. The molecular weight excluding hydrogens is 212 g/mol. The average molecular weight is 223 g/mol. The van der Waals surface area contributed by atoms with Crippen LogP contribution in [0.1, 0.15) is 25.1 Å². The standard InChI is InChI=1S/C10H11ClN4/c11-8-6-10(14-9(7-12)13-8)15-4-2-1-3-5-15/h6H,1-5H2. The Morgan fingerprint density at radius 1 is 1.27 bits per heavy atom. The van der Waals surface area contributed by atoms with Crippen molar-refractivity contribution in [1.82, 2.24) is 9.97 Å². The molecule has 78 valence electrons. The van der Waals surface area contributed by atoms with Gasteiger partial charge in [-0.05, 0) is 19.3 Å². The minimum atomic E-state index is 0.142. The summed E-state index contributed by atoms with van der Waals surface area (Å²) in [6.07, 6.45) is 3.60. The number of rotatable bonds is 1. The molecule has 2 heterocycles. The van der Waals surface area contributed by atoms with Crippen molar-refractivity contribution in [2.45, 2.75) is 19.3 Å². The number of piperidine rings is 1. The van der Waals surface area contributed by atoms with Crippen molar-refractivity contribution in [3.8, 4) is 6.07 Å². The summed E-state index contributed by atoms with van der Waals surface area (Å²) in [5.74, 6) is 0.911. The van der Waals surface area contributed by atoms with Crippen molar-refractivity contribution < 1.29 is 0 Å². The van der Waals surface area contributed by atoms with Crippen LogP contribution >= 0.6 is 11.6 Å². The van der Waals surface area contributed by atoms with Crippen LogP contribution in [0.5, 0.6) is 0 Å². The van der Waals surface area contributed by atoms with E-state index in [4.69, 9.17) is 16.9 Å². The maximum atomic E-state index is 8.73. The van der Waals surface area contributed by atoms with Crippen LogP contribution in [0.2, 0.25) is 5.15 Å². The Hall–Kier alpha value is -1.34. The number of nitrogens with zero attached hydrogens (tertiary/aromatic N) is 4. The predicted octanol–water partition coefficient (Wildman–Crippen LogP) is 1.99. The van der Waals surface area contributed by atoms with Crippen LogP contribution in [0.15, 0.2) is 6.07 Å². The summed E-state index contributed by atoms with van der Waals surface area (Å²) in [5.41, 5.74) is 0. The van der Waals surface area contributed by atoms with Crippen LogP contribution in [0.3, 0.4) is 0 Å². The fourth-order valence-corrected chi connectivity index (χ4v) is 1.92. The summed E-state index contributed by atoms with van der Waals surface area (Å²) in [7, 11) is 0. The molecule has 0 spiro atoms. The topological polar surface area (TPSA) is 52.8 Å². The molecule has 1 fully saturated rings. The molecule has 1 aromatic rings. The Bertz CT molecular complexity index is 393. The van der Waals surface area contributed by atoms with E-state index in [1.165, 1.54) is 19.3 Å². The molecule has 0 radical (unpaired) electrons. The van der Waals surface area contributed by atoms with Crippen LogP contribution in [-0.2, 0) is 0 Å². The molecule has 2 rings (SSSR count). The number of anilines is 1. The van der Waals surface area contributed by atoms with Crippen LogP contribution in [0.4, 0.5) is 5.82 Å². The summed E-state index contributed by atoms with van der Waals surface area (Å²) in [4.78, 5) is 10.1. The van der Waals surface area contributed by atoms with Gasteiger partial charge in [-0.1, -0.05) is 11.6 Å². The molecule has 0 aliphatic carbocycles. The van der Waals surface area contributed by atoms with Crippen LogP contribution in [0, 0.1) is 11.3 Å². The smallest absolute Gasteiger partial charge is 0.235 e. The van der Waals surface area contributed by atoms with E-state index >= 15 is 0 Å². The van der Waals surface area contributed by atoms with Gasteiger partial charge in [-0.25, -0.2) is 9.97 Å². The maximum Gasteiger partial charge on any atom is 0.235 e. The summed E-state index contributed by atoms with van der Waals surface area (Å²) < 4.78 is 0. The normalized spacial score (nSPS) is 16.1. The van der Waals surface area contributed by atoms with E-state index in [0.29, 0.717) is 5.15 Å². The van der Waals surface area contributed by atoms with E-state index in [1.54, 1.807) is 6.07 Å². The number of aromatic nitrogens is 2. The molecule has 1 aliphatic heterocycles. The molecule has 1 aromatic heterocycles. The van der Waals surface area contributed by atoms with Gasteiger partial charge in [0, 0.05) is 19.2 Å². The Kier molecular flexibility index (Phi) is 3.02. The van der Waals surface area contributed by atoms with Crippen molar-refractivity contribution in [1.29, 1.82) is 5.26 Å². The second-order valence-electron chi connectivity index (χ2n) is 3.53. The highest BCUT2D eigenvalue weighted by molar-refractivity contribution is 6.29. The SMILES string of the molecule is N#Cc1nc(Cl)cc(N2CCCCC2)n1. The second kappa shape index (κ2) is 4.45. The Balaban J connectivity index is 2.27. The predicted molar refractivity (Wildman–Crippen MR) is 57.8 cm³/mol. The van der Waals surface area contributed by atoms with E-state index in [9.17, 15) is 0 Å². The third-order valence-corrected chi connectivity index (χ3v) is 2.66. The van der Waals surface area contributed by atoms with Crippen molar-refractivity contribution in [2.75, 3.05) is 18.0 Å². The lowest BCUT2D eigenvalue weighted by atomic mass is 10.1. The van der Waals surface area contributed by atoms with Gasteiger partial charge in [0.2, 0.25) is 5.82 Å². The fraction of sp³-hybridized carbons (Fsp3) is 0.500. The quantitative estimate of drug-likeness (QED) is 0.682. The zero-order valence-electron chi connectivity index (χ0n) is 8.28. The molecule has 0 N–H and O–H groups in total. The molecule has 1 saturated heterocycles. The molecule has 0 aromatic carbocycles. The minimum absolute atomic E-state index is 0.142. The molecule has 5 heteroatoms. The number of hydrogen-bond donors (Lipinski definition) is 0. The maximum absolute atomic E-state index is 8.73. The first kappa shape index (κ1) is 10.2. The lowest BCUT2D eigenvalue weighted by Crippen LogP contribution is -2.30. The number of nitriles is 1. The molecule has 0 bridgehead atoms. The van der Waals surface area contributed by atoms with Gasteiger partial charge in [0.1, 0.15) is 17.0 Å². The average Bonchev–Trinajstić information content (AvgIpc) is 2.29. The van der Waals surface area contributed by atoms with Gasteiger partial charge >= 0.3 is 0 Å². The molecule has 4 nitrogen and oxygen atoms in total. The van der Waals surface area contributed by atoms with E-state index in [-0.39, 0.29) is 5.82 Å². The highest BCUT2D eigenvalue weighted by atomic mass is 35.5.